The van der Waals surface area contributed by atoms with Crippen LogP contribution in [0.1, 0.15) is 17.8 Å². The molecule has 5 heterocycles. The van der Waals surface area contributed by atoms with E-state index in [1.807, 2.05) is 0 Å². The Bertz CT molecular complexity index is 1390. The standard InChI is InChI=1S/C22H16F5N5O4/c23-14-1-11(2-15(24)18(14)36-13-5-28-19(29-6-13)22(25,26)27)8-34-16-3-17-31(20(33)30-16)9-21-4-12(35-10-21)7-32(17)21/h1-3,5-6,12H,4,7-10H2/t12-,21+/m0/s1. The summed E-state index contributed by atoms with van der Waals surface area (Å²) >= 11 is 0. The lowest BCUT2D eigenvalue weighted by Crippen LogP contribution is -2.46. The van der Waals surface area contributed by atoms with Crippen molar-refractivity contribution in [1.82, 2.24) is 19.5 Å². The van der Waals surface area contributed by atoms with Gasteiger partial charge in [-0.1, -0.05) is 0 Å². The molecule has 0 amide bonds. The average molecular weight is 509 g/mol. The number of morpholine rings is 1. The van der Waals surface area contributed by atoms with Gasteiger partial charge in [-0.3, -0.25) is 4.57 Å². The van der Waals surface area contributed by atoms with Crippen LogP contribution in [0.15, 0.2) is 35.4 Å². The predicted octanol–water partition coefficient (Wildman–Crippen LogP) is 3.06. The molecule has 2 atom stereocenters. The zero-order chi connectivity index (χ0) is 25.2. The Morgan fingerprint density at radius 1 is 1.14 bits per heavy atom. The molecule has 36 heavy (non-hydrogen) atoms. The molecule has 0 N–H and O–H groups in total. The van der Waals surface area contributed by atoms with Crippen molar-refractivity contribution in [3.63, 3.8) is 0 Å². The van der Waals surface area contributed by atoms with E-state index in [4.69, 9.17) is 14.2 Å². The Hall–Kier alpha value is -3.81. The van der Waals surface area contributed by atoms with E-state index < -0.39 is 35.1 Å². The van der Waals surface area contributed by atoms with Gasteiger partial charge in [0.25, 0.3) is 0 Å². The molecule has 9 nitrogen and oxygen atoms in total. The first-order chi connectivity index (χ1) is 17.1. The van der Waals surface area contributed by atoms with Crippen LogP contribution in [0.5, 0.6) is 17.4 Å². The van der Waals surface area contributed by atoms with Crippen LogP contribution in [-0.4, -0.2) is 44.3 Å². The minimum Gasteiger partial charge on any atom is -0.473 e. The van der Waals surface area contributed by atoms with Gasteiger partial charge in [0.15, 0.2) is 23.1 Å². The number of ether oxygens (including phenoxy) is 3. The fraction of sp³-hybridized carbons (Fsp3) is 0.364. The van der Waals surface area contributed by atoms with Crippen LogP contribution in [0.2, 0.25) is 0 Å². The summed E-state index contributed by atoms with van der Waals surface area (Å²) in [4.78, 5) is 24.7. The highest BCUT2D eigenvalue weighted by Crippen LogP contribution is 2.46. The first kappa shape index (κ1) is 22.6. The zero-order valence-electron chi connectivity index (χ0n) is 18.3. The lowest BCUT2D eigenvalue weighted by molar-refractivity contribution is -0.145. The Morgan fingerprint density at radius 3 is 2.53 bits per heavy atom. The summed E-state index contributed by atoms with van der Waals surface area (Å²) in [7, 11) is 0. The lowest BCUT2D eigenvalue weighted by atomic mass is 10.0. The summed E-state index contributed by atoms with van der Waals surface area (Å²) in [6.45, 7) is 1.36. The first-order valence-electron chi connectivity index (χ1n) is 10.8. The molecule has 3 aliphatic rings. The van der Waals surface area contributed by atoms with E-state index in [1.165, 1.54) is 0 Å². The van der Waals surface area contributed by atoms with Crippen molar-refractivity contribution in [3.8, 4) is 17.4 Å². The molecule has 1 aromatic carbocycles. The van der Waals surface area contributed by atoms with Crippen LogP contribution in [0, 0.1) is 11.6 Å². The second kappa shape index (κ2) is 7.85. The Balaban J connectivity index is 1.17. The number of anilines is 1. The molecule has 2 aromatic heterocycles. The van der Waals surface area contributed by atoms with Gasteiger partial charge in [0.1, 0.15) is 12.4 Å². The topological polar surface area (TPSA) is 91.6 Å². The number of alkyl halides is 3. The molecule has 188 valence electrons. The molecule has 6 rings (SSSR count). The van der Waals surface area contributed by atoms with Gasteiger partial charge in [0.05, 0.1) is 37.2 Å². The van der Waals surface area contributed by atoms with Crippen molar-refractivity contribution >= 4 is 5.82 Å². The Labute approximate surface area is 199 Å². The van der Waals surface area contributed by atoms with Crippen LogP contribution < -0.4 is 20.1 Å². The highest BCUT2D eigenvalue weighted by molar-refractivity contribution is 5.52. The molecule has 2 bridgehead atoms. The highest BCUT2D eigenvalue weighted by Gasteiger charge is 2.56. The second-order valence-corrected chi connectivity index (χ2v) is 8.81. The molecule has 14 heteroatoms. The van der Waals surface area contributed by atoms with Gasteiger partial charge in [-0.25, -0.2) is 23.5 Å². The molecule has 3 aliphatic heterocycles. The maximum absolute atomic E-state index is 14.5. The molecule has 0 radical (unpaired) electrons. The number of hydrogen-bond donors (Lipinski definition) is 0. The number of nitrogens with zero attached hydrogens (tertiary/aromatic N) is 5. The van der Waals surface area contributed by atoms with Crippen LogP contribution in [0.25, 0.3) is 0 Å². The van der Waals surface area contributed by atoms with Crippen LogP contribution in [0.4, 0.5) is 27.8 Å². The summed E-state index contributed by atoms with van der Waals surface area (Å²) < 4.78 is 84.6. The number of halogens is 5. The fourth-order valence-corrected chi connectivity index (χ4v) is 4.85. The summed E-state index contributed by atoms with van der Waals surface area (Å²) in [6.07, 6.45) is -2.50. The smallest absolute Gasteiger partial charge is 0.451 e. The van der Waals surface area contributed by atoms with Crippen LogP contribution >= 0.6 is 0 Å². The van der Waals surface area contributed by atoms with Crippen molar-refractivity contribution in [3.05, 3.63) is 64.1 Å². The third kappa shape index (κ3) is 3.72. The summed E-state index contributed by atoms with van der Waals surface area (Å²) in [5.74, 6) is -4.20. The largest absolute Gasteiger partial charge is 0.473 e. The third-order valence-electron chi connectivity index (χ3n) is 6.40. The van der Waals surface area contributed by atoms with E-state index in [1.54, 1.807) is 10.6 Å². The first-order valence-corrected chi connectivity index (χ1v) is 10.8. The quantitative estimate of drug-likeness (QED) is 0.485. The van der Waals surface area contributed by atoms with Crippen LogP contribution in [-0.2, 0) is 24.1 Å². The summed E-state index contributed by atoms with van der Waals surface area (Å²) in [5, 5.41) is 0. The monoisotopic (exact) mass is 509 g/mol. The fourth-order valence-electron chi connectivity index (χ4n) is 4.85. The van der Waals surface area contributed by atoms with E-state index in [-0.39, 0.29) is 35.4 Å². The van der Waals surface area contributed by atoms with Gasteiger partial charge >= 0.3 is 11.9 Å². The van der Waals surface area contributed by atoms with Crippen molar-refractivity contribution in [1.29, 1.82) is 0 Å². The van der Waals surface area contributed by atoms with E-state index in [9.17, 15) is 26.7 Å². The normalized spacial score (nSPS) is 22.0. The summed E-state index contributed by atoms with van der Waals surface area (Å²) in [6, 6.07) is 3.50. The maximum atomic E-state index is 14.5. The van der Waals surface area contributed by atoms with E-state index in [0.717, 1.165) is 18.6 Å². The van der Waals surface area contributed by atoms with Gasteiger partial charge in [0.2, 0.25) is 11.7 Å². The average Bonchev–Trinajstić information content (AvgIpc) is 3.49. The lowest BCUT2D eigenvalue weighted by Gasteiger charge is -2.32. The van der Waals surface area contributed by atoms with Gasteiger partial charge < -0.3 is 19.1 Å². The minimum absolute atomic E-state index is 0.00929. The molecule has 2 saturated heterocycles. The molecule has 3 aromatic rings. The molecule has 1 spiro atoms. The van der Waals surface area contributed by atoms with Crippen molar-refractivity contribution in [2.24, 2.45) is 0 Å². The second-order valence-electron chi connectivity index (χ2n) is 8.81. The molecule has 2 fully saturated rings. The van der Waals surface area contributed by atoms with Gasteiger partial charge in [-0.05, 0) is 17.7 Å². The zero-order valence-corrected chi connectivity index (χ0v) is 18.3. The molecular weight excluding hydrogens is 493 g/mol. The predicted molar refractivity (Wildman–Crippen MR) is 111 cm³/mol. The minimum atomic E-state index is -4.76. The summed E-state index contributed by atoms with van der Waals surface area (Å²) in [5.41, 5.74) is -0.666. The van der Waals surface area contributed by atoms with E-state index in [2.05, 4.69) is 19.9 Å². The van der Waals surface area contributed by atoms with Crippen molar-refractivity contribution < 1.29 is 36.2 Å². The molecule has 0 aliphatic carbocycles. The van der Waals surface area contributed by atoms with Crippen molar-refractivity contribution in [2.45, 2.75) is 37.4 Å². The molecular formula is C22H16F5N5O4. The maximum Gasteiger partial charge on any atom is 0.451 e. The Kier molecular flexibility index (Phi) is 4.94. The number of aromatic nitrogens is 4. The number of fused-ring (bicyclic) bond motifs is 3. The van der Waals surface area contributed by atoms with Gasteiger partial charge in [0, 0.05) is 19.0 Å². The third-order valence-corrected chi connectivity index (χ3v) is 6.40. The Morgan fingerprint density at radius 2 is 1.86 bits per heavy atom. The van der Waals surface area contributed by atoms with E-state index >= 15 is 0 Å². The number of hydrogen-bond acceptors (Lipinski definition) is 8. The number of benzene rings is 1. The van der Waals surface area contributed by atoms with Gasteiger partial charge in [-0.2, -0.15) is 18.2 Å². The SMILES string of the molecule is O=c1nc(OCc2cc(F)c(Oc3cnc(C(F)(F)F)nc3)c(F)c2)cc2n1C[C@]13CO[C@H](CN21)C3. The number of rotatable bonds is 5. The highest BCUT2D eigenvalue weighted by atomic mass is 19.4. The molecule has 0 saturated carbocycles. The van der Waals surface area contributed by atoms with Gasteiger partial charge in [-0.15, -0.1) is 0 Å². The molecule has 0 unspecified atom stereocenters. The van der Waals surface area contributed by atoms with Crippen LogP contribution in [0.3, 0.4) is 0 Å². The van der Waals surface area contributed by atoms with E-state index in [0.29, 0.717) is 37.9 Å². The van der Waals surface area contributed by atoms with Crippen molar-refractivity contribution in [2.75, 3.05) is 18.1 Å².